The highest BCUT2D eigenvalue weighted by atomic mass is 16.5. The molecule has 4 nitrogen and oxygen atoms in total. The van der Waals surface area contributed by atoms with Crippen molar-refractivity contribution in [2.24, 2.45) is 11.8 Å². The Hall–Kier alpha value is -0.870. The molecule has 2 saturated heterocycles. The van der Waals surface area contributed by atoms with Gasteiger partial charge in [0.2, 0.25) is 0 Å². The lowest BCUT2D eigenvalue weighted by Gasteiger charge is -2.25. The molecule has 102 valence electrons. The molecule has 18 heavy (non-hydrogen) atoms. The quantitative estimate of drug-likeness (QED) is 0.538. The van der Waals surface area contributed by atoms with Crippen molar-refractivity contribution in [3.63, 3.8) is 0 Å². The van der Waals surface area contributed by atoms with E-state index >= 15 is 0 Å². The zero-order chi connectivity index (χ0) is 13.0. The zero-order valence-electron chi connectivity index (χ0n) is 10.6. The predicted octanol–water partition coefficient (Wildman–Crippen LogP) is 1.97. The Morgan fingerprint density at radius 1 is 1.22 bits per heavy atom. The zero-order valence-corrected chi connectivity index (χ0v) is 10.6. The van der Waals surface area contributed by atoms with Crippen LogP contribution in [0, 0.1) is 11.8 Å². The van der Waals surface area contributed by atoms with Crippen LogP contribution >= 0.6 is 0 Å². The number of hydrogen-bond donors (Lipinski definition) is 2. The molecule has 4 heteroatoms. The number of aliphatic hydroxyl groups is 1. The van der Waals surface area contributed by atoms with Crippen LogP contribution in [0.3, 0.4) is 0 Å². The monoisotopic (exact) mass is 254 g/mol. The van der Waals surface area contributed by atoms with E-state index in [0.29, 0.717) is 24.4 Å². The normalized spacial score (nSPS) is 34.5. The molecule has 0 aromatic carbocycles. The van der Waals surface area contributed by atoms with Gasteiger partial charge in [-0.05, 0) is 38.0 Å². The summed E-state index contributed by atoms with van der Waals surface area (Å²) in [7, 11) is 0. The van der Waals surface area contributed by atoms with E-state index in [4.69, 9.17) is 9.84 Å². The van der Waals surface area contributed by atoms with Gasteiger partial charge < -0.3 is 14.9 Å². The average Bonchev–Trinajstić information content (AvgIpc) is 2.93. The summed E-state index contributed by atoms with van der Waals surface area (Å²) in [6.07, 6.45) is 9.69. The number of aliphatic hydroxyl groups excluding tert-OH is 1. The first-order chi connectivity index (χ1) is 8.72. The number of allylic oxidation sites excluding steroid dienone is 2. The van der Waals surface area contributed by atoms with Crippen molar-refractivity contribution >= 4 is 5.97 Å². The average molecular weight is 254 g/mol. The molecular formula is C14H22O4. The highest BCUT2D eigenvalue weighted by Crippen LogP contribution is 2.44. The van der Waals surface area contributed by atoms with E-state index in [0.717, 1.165) is 25.7 Å². The summed E-state index contributed by atoms with van der Waals surface area (Å²) in [5.41, 5.74) is 0. The number of ether oxygens (including phenoxy) is 1. The minimum atomic E-state index is -0.731. The van der Waals surface area contributed by atoms with Crippen molar-refractivity contribution in [2.75, 3.05) is 6.61 Å². The maximum Gasteiger partial charge on any atom is 0.303 e. The molecule has 0 spiro atoms. The smallest absolute Gasteiger partial charge is 0.303 e. The minimum absolute atomic E-state index is 0.221. The molecule has 4 atom stereocenters. The fourth-order valence-electron chi connectivity index (χ4n) is 3.19. The molecule has 2 fully saturated rings. The Kier molecular flexibility index (Phi) is 4.78. The summed E-state index contributed by atoms with van der Waals surface area (Å²) in [5, 5.41) is 17.9. The van der Waals surface area contributed by atoms with Gasteiger partial charge in [0.05, 0.1) is 12.2 Å². The van der Waals surface area contributed by atoms with Gasteiger partial charge >= 0.3 is 5.97 Å². The van der Waals surface area contributed by atoms with Crippen LogP contribution in [0.1, 0.15) is 38.5 Å². The van der Waals surface area contributed by atoms with Gasteiger partial charge in [0.15, 0.2) is 0 Å². The van der Waals surface area contributed by atoms with Crippen molar-refractivity contribution in [1.29, 1.82) is 0 Å². The summed E-state index contributed by atoms with van der Waals surface area (Å²) >= 11 is 0. The number of hydrogen-bond acceptors (Lipinski definition) is 3. The van der Waals surface area contributed by atoms with Gasteiger partial charge in [-0.15, -0.1) is 0 Å². The molecule has 2 rings (SSSR count). The van der Waals surface area contributed by atoms with E-state index in [-0.39, 0.29) is 19.1 Å². The summed E-state index contributed by atoms with van der Waals surface area (Å²) in [4.78, 5) is 10.3. The number of fused-ring (bicyclic) bond motifs is 2. The van der Waals surface area contributed by atoms with Crippen molar-refractivity contribution in [3.8, 4) is 0 Å². The second-order valence-corrected chi connectivity index (χ2v) is 5.29. The van der Waals surface area contributed by atoms with E-state index in [9.17, 15) is 9.90 Å². The fraction of sp³-hybridized carbons (Fsp3) is 0.786. The number of rotatable bonds is 7. The highest BCUT2D eigenvalue weighted by molar-refractivity contribution is 5.66. The van der Waals surface area contributed by atoms with Gasteiger partial charge in [-0.3, -0.25) is 4.79 Å². The summed E-state index contributed by atoms with van der Waals surface area (Å²) in [6.45, 7) is 0.221. The van der Waals surface area contributed by atoms with Crippen LogP contribution in [0.15, 0.2) is 12.2 Å². The molecule has 2 N–H and O–H groups in total. The predicted molar refractivity (Wildman–Crippen MR) is 67.2 cm³/mol. The molecule has 2 aliphatic rings. The Bertz CT molecular complexity index is 313. The lowest BCUT2D eigenvalue weighted by Crippen LogP contribution is -2.29. The van der Waals surface area contributed by atoms with E-state index < -0.39 is 5.97 Å². The van der Waals surface area contributed by atoms with Gasteiger partial charge in [-0.2, -0.15) is 0 Å². The van der Waals surface area contributed by atoms with E-state index in [1.54, 1.807) is 0 Å². The van der Waals surface area contributed by atoms with Crippen molar-refractivity contribution in [2.45, 2.75) is 50.7 Å². The lowest BCUT2D eigenvalue weighted by atomic mass is 9.78. The van der Waals surface area contributed by atoms with Crippen LogP contribution in [0.5, 0.6) is 0 Å². The second kappa shape index (κ2) is 6.34. The van der Waals surface area contributed by atoms with Crippen LogP contribution in [0.4, 0.5) is 0 Å². The van der Waals surface area contributed by atoms with Crippen molar-refractivity contribution in [1.82, 2.24) is 0 Å². The van der Waals surface area contributed by atoms with Crippen LogP contribution in [0.25, 0.3) is 0 Å². The molecule has 0 radical (unpaired) electrons. The maximum absolute atomic E-state index is 10.3. The van der Waals surface area contributed by atoms with E-state index in [1.165, 1.54) is 0 Å². The first kappa shape index (κ1) is 13.6. The SMILES string of the molecule is O=C(O)CCCC=CC[C@H]1[C@@H](CO)[C@@H]2CC[C@H]1O2. The third-order valence-electron chi connectivity index (χ3n) is 4.14. The second-order valence-electron chi connectivity index (χ2n) is 5.29. The first-order valence-corrected chi connectivity index (χ1v) is 6.85. The number of carboxylic acids is 1. The molecule has 2 aliphatic heterocycles. The standard InChI is InChI=1S/C14H22O4/c15-9-11-10(12-7-8-13(11)18-12)5-3-1-2-4-6-14(16)17/h1,3,10-13,15H,2,4-9H2,(H,16,17)/t10-,11+,12+,13-/m0/s1. The molecule has 0 unspecified atom stereocenters. The Labute approximate surface area is 108 Å². The summed E-state index contributed by atoms with van der Waals surface area (Å²) < 4.78 is 5.83. The minimum Gasteiger partial charge on any atom is -0.481 e. The van der Waals surface area contributed by atoms with Crippen LogP contribution < -0.4 is 0 Å². The Morgan fingerprint density at radius 2 is 1.94 bits per heavy atom. The topological polar surface area (TPSA) is 66.8 Å². The van der Waals surface area contributed by atoms with Gasteiger partial charge in [0, 0.05) is 18.9 Å². The van der Waals surface area contributed by atoms with E-state index in [2.05, 4.69) is 12.2 Å². The molecule has 0 aromatic rings. The largest absolute Gasteiger partial charge is 0.481 e. The van der Waals surface area contributed by atoms with Crippen LogP contribution in [-0.2, 0) is 9.53 Å². The van der Waals surface area contributed by atoms with Crippen LogP contribution in [0.2, 0.25) is 0 Å². The fourth-order valence-corrected chi connectivity index (χ4v) is 3.19. The number of carbonyl (C=O) groups is 1. The third kappa shape index (κ3) is 3.12. The molecular weight excluding hydrogens is 232 g/mol. The highest BCUT2D eigenvalue weighted by Gasteiger charge is 2.47. The van der Waals surface area contributed by atoms with Gasteiger partial charge in [-0.25, -0.2) is 0 Å². The van der Waals surface area contributed by atoms with Gasteiger partial charge in [0.1, 0.15) is 0 Å². The van der Waals surface area contributed by atoms with Gasteiger partial charge in [-0.1, -0.05) is 12.2 Å². The van der Waals surface area contributed by atoms with E-state index in [1.807, 2.05) is 0 Å². The lowest BCUT2D eigenvalue weighted by molar-refractivity contribution is -0.137. The maximum atomic E-state index is 10.3. The number of carboxylic acid groups (broad SMARTS) is 1. The van der Waals surface area contributed by atoms with Gasteiger partial charge in [0.25, 0.3) is 0 Å². The molecule has 0 aromatic heterocycles. The molecule has 0 saturated carbocycles. The van der Waals surface area contributed by atoms with Crippen LogP contribution in [-0.4, -0.2) is 35.0 Å². The molecule has 2 bridgehead atoms. The first-order valence-electron chi connectivity index (χ1n) is 6.85. The summed E-state index contributed by atoms with van der Waals surface area (Å²) in [5.74, 6) is 0.0159. The Morgan fingerprint density at radius 3 is 2.61 bits per heavy atom. The molecule has 0 aliphatic carbocycles. The molecule has 0 amide bonds. The third-order valence-corrected chi connectivity index (χ3v) is 4.14. The van der Waals surface area contributed by atoms with Crippen molar-refractivity contribution < 1.29 is 19.7 Å². The number of unbranched alkanes of at least 4 members (excludes halogenated alkanes) is 1. The number of aliphatic carboxylic acids is 1. The Balaban J connectivity index is 1.69. The molecule has 2 heterocycles. The summed E-state index contributed by atoms with van der Waals surface area (Å²) in [6, 6.07) is 0. The van der Waals surface area contributed by atoms with Crippen molar-refractivity contribution in [3.05, 3.63) is 12.2 Å².